The maximum atomic E-state index is 12.1. The van der Waals surface area contributed by atoms with E-state index in [1.807, 2.05) is 18.2 Å². The molecule has 2 fully saturated rings. The summed E-state index contributed by atoms with van der Waals surface area (Å²) in [7, 11) is 0. The zero-order chi connectivity index (χ0) is 19.3. The van der Waals surface area contributed by atoms with E-state index in [0.29, 0.717) is 35.7 Å². The van der Waals surface area contributed by atoms with Crippen LogP contribution in [0.5, 0.6) is 5.75 Å². The van der Waals surface area contributed by atoms with Crippen molar-refractivity contribution in [1.29, 1.82) is 0 Å². The minimum Gasteiger partial charge on any atom is -0.484 e. The predicted molar refractivity (Wildman–Crippen MR) is 107 cm³/mol. The Hall–Kier alpha value is -1.77. The monoisotopic (exact) mass is 422 g/mol. The standard InChI is InChI=1S/C19H23ClN4O3S/c20-15-5-1-2-6-16(15)27-11-17-22-23-19(24(17)13-7-8-13)28-12-18(25)21-10-14-4-3-9-26-14/h1-2,5-6,13-14H,3-4,7-12H2,(H,21,25)/t14-/m0/s1. The molecule has 9 heteroatoms. The number of amides is 1. The summed E-state index contributed by atoms with van der Waals surface area (Å²) in [4.78, 5) is 12.1. The van der Waals surface area contributed by atoms with Gasteiger partial charge in [0.1, 0.15) is 12.4 Å². The number of hydrogen-bond acceptors (Lipinski definition) is 6. The predicted octanol–water partition coefficient (Wildman–Crippen LogP) is 3.23. The highest BCUT2D eigenvalue weighted by Gasteiger charge is 2.30. The first-order valence-electron chi connectivity index (χ1n) is 9.53. The first-order valence-corrected chi connectivity index (χ1v) is 10.9. The number of halogens is 1. The van der Waals surface area contributed by atoms with Crippen LogP contribution >= 0.6 is 23.4 Å². The van der Waals surface area contributed by atoms with Crippen molar-refractivity contribution in [2.45, 2.75) is 49.6 Å². The van der Waals surface area contributed by atoms with Crippen molar-refractivity contribution in [3.63, 3.8) is 0 Å². The number of rotatable bonds is 9. The Balaban J connectivity index is 1.32. The van der Waals surface area contributed by atoms with Crippen LogP contribution < -0.4 is 10.1 Å². The van der Waals surface area contributed by atoms with E-state index in [1.165, 1.54) is 11.8 Å². The topological polar surface area (TPSA) is 78.3 Å². The van der Waals surface area contributed by atoms with E-state index in [9.17, 15) is 4.79 Å². The van der Waals surface area contributed by atoms with Gasteiger partial charge in [-0.1, -0.05) is 35.5 Å². The SMILES string of the molecule is O=C(CSc1nnc(COc2ccccc2Cl)n1C1CC1)NC[C@@H]1CCCO1. The highest BCUT2D eigenvalue weighted by atomic mass is 35.5. The number of hydrogen-bond donors (Lipinski definition) is 1. The summed E-state index contributed by atoms with van der Waals surface area (Å²) >= 11 is 7.55. The van der Waals surface area contributed by atoms with Crippen molar-refractivity contribution in [2.24, 2.45) is 0 Å². The number of para-hydroxylation sites is 1. The molecule has 1 aromatic carbocycles. The molecule has 1 saturated carbocycles. The Kier molecular flexibility index (Phi) is 6.39. The molecule has 1 aliphatic carbocycles. The van der Waals surface area contributed by atoms with Crippen LogP contribution in [-0.2, 0) is 16.1 Å². The number of benzene rings is 1. The molecule has 1 N–H and O–H groups in total. The van der Waals surface area contributed by atoms with Gasteiger partial charge in [-0.15, -0.1) is 10.2 Å². The summed E-state index contributed by atoms with van der Waals surface area (Å²) in [5.74, 6) is 1.67. The Bertz CT molecular complexity index is 821. The van der Waals surface area contributed by atoms with Gasteiger partial charge >= 0.3 is 0 Å². The molecule has 0 bridgehead atoms. The van der Waals surface area contributed by atoms with E-state index < -0.39 is 0 Å². The molecule has 1 saturated heterocycles. The van der Waals surface area contributed by atoms with E-state index in [1.54, 1.807) is 6.07 Å². The molecule has 1 amide bonds. The molecule has 0 spiro atoms. The number of thioether (sulfide) groups is 1. The lowest BCUT2D eigenvalue weighted by Crippen LogP contribution is -2.32. The molecule has 7 nitrogen and oxygen atoms in total. The van der Waals surface area contributed by atoms with Gasteiger partial charge in [-0.2, -0.15) is 0 Å². The fourth-order valence-electron chi connectivity index (χ4n) is 3.12. The van der Waals surface area contributed by atoms with Crippen molar-refractivity contribution in [2.75, 3.05) is 18.9 Å². The number of carbonyl (C=O) groups is 1. The number of nitrogens with zero attached hydrogens (tertiary/aromatic N) is 3. The molecular formula is C19H23ClN4O3S. The Morgan fingerprint density at radius 1 is 1.32 bits per heavy atom. The van der Waals surface area contributed by atoms with Gasteiger partial charge in [0, 0.05) is 19.2 Å². The molecular weight excluding hydrogens is 400 g/mol. The highest BCUT2D eigenvalue weighted by Crippen LogP contribution is 2.39. The molecule has 1 aliphatic heterocycles. The fourth-order valence-corrected chi connectivity index (χ4v) is 4.17. The molecule has 2 heterocycles. The van der Waals surface area contributed by atoms with Gasteiger partial charge in [-0.3, -0.25) is 9.36 Å². The smallest absolute Gasteiger partial charge is 0.230 e. The van der Waals surface area contributed by atoms with E-state index in [-0.39, 0.29) is 12.0 Å². The van der Waals surface area contributed by atoms with Gasteiger partial charge in [0.05, 0.1) is 16.9 Å². The molecule has 0 unspecified atom stereocenters. The molecule has 1 atom stereocenters. The van der Waals surface area contributed by atoms with E-state index in [0.717, 1.165) is 43.3 Å². The molecule has 28 heavy (non-hydrogen) atoms. The average Bonchev–Trinajstić information content (AvgIpc) is 3.24. The summed E-state index contributed by atoms with van der Waals surface area (Å²) in [6.07, 6.45) is 4.42. The summed E-state index contributed by atoms with van der Waals surface area (Å²) in [5, 5.41) is 12.8. The van der Waals surface area contributed by atoms with Crippen LogP contribution in [0.1, 0.15) is 37.5 Å². The van der Waals surface area contributed by atoms with Crippen molar-refractivity contribution >= 4 is 29.3 Å². The lowest BCUT2D eigenvalue weighted by atomic mass is 10.2. The van der Waals surface area contributed by atoms with Crippen LogP contribution in [0, 0.1) is 0 Å². The van der Waals surface area contributed by atoms with Crippen LogP contribution in [-0.4, -0.2) is 45.7 Å². The summed E-state index contributed by atoms with van der Waals surface area (Å²) in [6, 6.07) is 7.74. The minimum absolute atomic E-state index is 0.0142. The zero-order valence-electron chi connectivity index (χ0n) is 15.5. The van der Waals surface area contributed by atoms with Crippen molar-refractivity contribution in [3.8, 4) is 5.75 Å². The van der Waals surface area contributed by atoms with Crippen LogP contribution in [0.2, 0.25) is 5.02 Å². The number of nitrogens with one attached hydrogen (secondary N) is 1. The Labute approximate surface area is 173 Å². The number of carbonyl (C=O) groups excluding carboxylic acids is 1. The maximum Gasteiger partial charge on any atom is 0.230 e. The number of aromatic nitrogens is 3. The maximum absolute atomic E-state index is 12.1. The highest BCUT2D eigenvalue weighted by molar-refractivity contribution is 7.99. The van der Waals surface area contributed by atoms with Crippen LogP contribution in [0.4, 0.5) is 0 Å². The summed E-state index contributed by atoms with van der Waals surface area (Å²) < 4.78 is 13.4. The molecule has 150 valence electrons. The second-order valence-corrected chi connectivity index (χ2v) is 8.30. The molecule has 1 aromatic heterocycles. The summed E-state index contributed by atoms with van der Waals surface area (Å²) in [5.41, 5.74) is 0. The fraction of sp³-hybridized carbons (Fsp3) is 0.526. The van der Waals surface area contributed by atoms with Crippen molar-refractivity contribution < 1.29 is 14.3 Å². The van der Waals surface area contributed by atoms with Gasteiger partial charge in [0.15, 0.2) is 11.0 Å². The van der Waals surface area contributed by atoms with Gasteiger partial charge in [-0.25, -0.2) is 0 Å². The van der Waals surface area contributed by atoms with Crippen molar-refractivity contribution in [3.05, 3.63) is 35.1 Å². The third-order valence-corrected chi connectivity index (χ3v) is 5.98. The van der Waals surface area contributed by atoms with Crippen LogP contribution in [0.25, 0.3) is 0 Å². The summed E-state index contributed by atoms with van der Waals surface area (Å²) in [6.45, 7) is 1.66. The second kappa shape index (κ2) is 9.15. The third-order valence-electron chi connectivity index (χ3n) is 4.72. The second-order valence-electron chi connectivity index (χ2n) is 6.95. The minimum atomic E-state index is -0.0142. The Morgan fingerprint density at radius 2 is 2.18 bits per heavy atom. The van der Waals surface area contributed by atoms with E-state index >= 15 is 0 Å². The Morgan fingerprint density at radius 3 is 2.93 bits per heavy atom. The normalized spacial score (nSPS) is 19.0. The van der Waals surface area contributed by atoms with Gasteiger partial charge < -0.3 is 14.8 Å². The van der Waals surface area contributed by atoms with E-state index in [4.69, 9.17) is 21.1 Å². The van der Waals surface area contributed by atoms with Gasteiger partial charge in [0.2, 0.25) is 5.91 Å². The zero-order valence-corrected chi connectivity index (χ0v) is 17.0. The molecule has 2 aromatic rings. The van der Waals surface area contributed by atoms with Gasteiger partial charge in [0.25, 0.3) is 0 Å². The third kappa shape index (κ3) is 4.98. The lowest BCUT2D eigenvalue weighted by molar-refractivity contribution is -0.119. The average molecular weight is 423 g/mol. The van der Waals surface area contributed by atoms with E-state index in [2.05, 4.69) is 20.1 Å². The lowest BCUT2D eigenvalue weighted by Gasteiger charge is -2.12. The van der Waals surface area contributed by atoms with Crippen LogP contribution in [0.15, 0.2) is 29.4 Å². The largest absolute Gasteiger partial charge is 0.484 e. The van der Waals surface area contributed by atoms with Crippen LogP contribution in [0.3, 0.4) is 0 Å². The molecule has 4 rings (SSSR count). The molecule has 2 aliphatic rings. The van der Waals surface area contributed by atoms with Crippen molar-refractivity contribution in [1.82, 2.24) is 20.1 Å². The quantitative estimate of drug-likeness (QED) is 0.625. The first kappa shape index (κ1) is 19.5. The first-order chi connectivity index (χ1) is 13.7. The number of ether oxygens (including phenoxy) is 2. The molecule has 0 radical (unpaired) electrons. The van der Waals surface area contributed by atoms with Gasteiger partial charge in [-0.05, 0) is 37.8 Å².